The van der Waals surface area contributed by atoms with Crippen LogP contribution < -0.4 is 5.32 Å². The van der Waals surface area contributed by atoms with Gasteiger partial charge in [0.05, 0.1) is 11.1 Å². The molecule has 3 aromatic rings. The molecule has 0 unspecified atom stereocenters. The van der Waals surface area contributed by atoms with Gasteiger partial charge in [-0.25, -0.2) is 4.39 Å². The lowest BCUT2D eigenvalue weighted by Gasteiger charge is -2.07. The predicted molar refractivity (Wildman–Crippen MR) is 83.7 cm³/mol. The Morgan fingerprint density at radius 1 is 1.32 bits per heavy atom. The number of hydrogen-bond acceptors (Lipinski definition) is 5. The van der Waals surface area contributed by atoms with E-state index in [4.69, 9.17) is 0 Å². The number of benzene rings is 1. The van der Waals surface area contributed by atoms with Crippen molar-refractivity contribution in [2.75, 3.05) is 5.32 Å². The molecule has 0 aliphatic carbocycles. The summed E-state index contributed by atoms with van der Waals surface area (Å²) in [6.07, 6.45) is 0.760. The van der Waals surface area contributed by atoms with E-state index in [9.17, 15) is 9.18 Å². The normalized spacial score (nSPS) is 10.9. The van der Waals surface area contributed by atoms with Gasteiger partial charge in [-0.2, -0.15) is 0 Å². The van der Waals surface area contributed by atoms with Gasteiger partial charge in [-0.15, -0.1) is 10.2 Å². The van der Waals surface area contributed by atoms with E-state index < -0.39 is 5.82 Å². The van der Waals surface area contributed by atoms with Gasteiger partial charge in [-0.1, -0.05) is 18.3 Å². The van der Waals surface area contributed by atoms with Crippen LogP contribution in [0.3, 0.4) is 0 Å². The van der Waals surface area contributed by atoms with E-state index in [0.29, 0.717) is 27.3 Å². The second kappa shape index (κ2) is 5.76. The van der Waals surface area contributed by atoms with Crippen LogP contribution in [0, 0.1) is 12.7 Å². The van der Waals surface area contributed by atoms with E-state index >= 15 is 0 Å². The molecular formula is C15H13FN4OS. The lowest BCUT2D eigenvalue weighted by atomic mass is 10.1. The van der Waals surface area contributed by atoms with Gasteiger partial charge in [0, 0.05) is 11.1 Å². The van der Waals surface area contributed by atoms with E-state index in [1.165, 1.54) is 23.5 Å². The van der Waals surface area contributed by atoms with Crippen molar-refractivity contribution in [2.24, 2.45) is 0 Å². The number of nitrogens with one attached hydrogen (secondary N) is 1. The maximum Gasteiger partial charge on any atom is 0.258 e. The molecule has 112 valence electrons. The van der Waals surface area contributed by atoms with Crippen molar-refractivity contribution in [3.05, 3.63) is 46.3 Å². The molecule has 2 heterocycles. The average Bonchev–Trinajstić information content (AvgIpc) is 2.94. The Balaban J connectivity index is 2.00. The third kappa shape index (κ3) is 2.80. The number of pyridine rings is 1. The van der Waals surface area contributed by atoms with Crippen molar-refractivity contribution in [1.82, 2.24) is 15.2 Å². The number of carbonyl (C=O) groups is 1. The van der Waals surface area contributed by atoms with E-state index in [1.54, 1.807) is 19.1 Å². The van der Waals surface area contributed by atoms with Gasteiger partial charge in [-0.05, 0) is 37.6 Å². The molecule has 22 heavy (non-hydrogen) atoms. The van der Waals surface area contributed by atoms with Crippen LogP contribution in [0.4, 0.5) is 9.52 Å². The highest BCUT2D eigenvalue weighted by Gasteiger charge is 2.15. The van der Waals surface area contributed by atoms with Crippen molar-refractivity contribution >= 4 is 33.3 Å². The van der Waals surface area contributed by atoms with Crippen molar-refractivity contribution in [1.29, 1.82) is 0 Å². The molecule has 0 fully saturated rings. The van der Waals surface area contributed by atoms with E-state index in [2.05, 4.69) is 20.5 Å². The van der Waals surface area contributed by atoms with Gasteiger partial charge < -0.3 is 0 Å². The number of carbonyl (C=O) groups excluding carboxylic acids is 1. The van der Waals surface area contributed by atoms with Crippen molar-refractivity contribution in [2.45, 2.75) is 20.3 Å². The summed E-state index contributed by atoms with van der Waals surface area (Å²) in [5.74, 6) is -0.753. The van der Waals surface area contributed by atoms with Crippen LogP contribution in [0.25, 0.3) is 10.9 Å². The standard InChI is InChI=1S/C15H13FN4OS/c1-3-13-19-20-15(22-13)18-14(21)11-6-8(2)17-12-5-4-9(16)7-10(11)12/h4-7H,3H2,1-2H3,(H,18,20,21). The highest BCUT2D eigenvalue weighted by Crippen LogP contribution is 2.22. The zero-order valence-electron chi connectivity index (χ0n) is 12.1. The van der Waals surface area contributed by atoms with Gasteiger partial charge in [-0.3, -0.25) is 15.1 Å². The van der Waals surface area contributed by atoms with E-state index in [0.717, 1.165) is 11.4 Å². The Morgan fingerprint density at radius 2 is 2.14 bits per heavy atom. The molecule has 3 rings (SSSR count). The zero-order valence-corrected chi connectivity index (χ0v) is 12.9. The van der Waals surface area contributed by atoms with Crippen LogP contribution in [0.2, 0.25) is 0 Å². The smallest absolute Gasteiger partial charge is 0.258 e. The number of nitrogens with zero attached hydrogens (tertiary/aromatic N) is 3. The number of halogens is 1. The van der Waals surface area contributed by atoms with Gasteiger partial charge in [0.25, 0.3) is 5.91 Å². The second-order valence-corrected chi connectivity index (χ2v) is 5.84. The third-order valence-corrected chi connectivity index (χ3v) is 4.12. The molecule has 0 radical (unpaired) electrons. The largest absolute Gasteiger partial charge is 0.296 e. The Bertz CT molecular complexity index is 862. The second-order valence-electron chi connectivity index (χ2n) is 4.78. The molecule has 0 aliphatic heterocycles. The Labute approximate surface area is 130 Å². The molecule has 0 atom stereocenters. The first-order valence-corrected chi connectivity index (χ1v) is 7.59. The summed E-state index contributed by atoms with van der Waals surface area (Å²) >= 11 is 1.32. The molecule has 2 aromatic heterocycles. The molecule has 1 N–H and O–H groups in total. The molecule has 0 bridgehead atoms. The molecule has 0 saturated heterocycles. The fraction of sp³-hybridized carbons (Fsp3) is 0.200. The lowest BCUT2D eigenvalue weighted by molar-refractivity contribution is 0.102. The van der Waals surface area contributed by atoms with E-state index in [-0.39, 0.29) is 5.91 Å². The summed E-state index contributed by atoms with van der Waals surface area (Å²) in [6, 6.07) is 5.84. The van der Waals surface area contributed by atoms with Gasteiger partial charge >= 0.3 is 0 Å². The van der Waals surface area contributed by atoms with Gasteiger partial charge in [0.1, 0.15) is 10.8 Å². The summed E-state index contributed by atoms with van der Waals surface area (Å²) in [4.78, 5) is 16.8. The number of amides is 1. The fourth-order valence-electron chi connectivity index (χ4n) is 2.13. The summed E-state index contributed by atoms with van der Waals surface area (Å²) < 4.78 is 13.5. The van der Waals surface area contributed by atoms with Crippen LogP contribution in [0.5, 0.6) is 0 Å². The van der Waals surface area contributed by atoms with Crippen molar-refractivity contribution < 1.29 is 9.18 Å². The molecule has 1 amide bonds. The molecule has 1 aromatic carbocycles. The highest BCUT2D eigenvalue weighted by atomic mass is 32.1. The maximum absolute atomic E-state index is 13.5. The van der Waals surface area contributed by atoms with Crippen LogP contribution in [-0.2, 0) is 6.42 Å². The Kier molecular flexibility index (Phi) is 3.81. The highest BCUT2D eigenvalue weighted by molar-refractivity contribution is 7.15. The van der Waals surface area contributed by atoms with Crippen molar-refractivity contribution in [3.63, 3.8) is 0 Å². The average molecular weight is 316 g/mol. The first-order valence-electron chi connectivity index (χ1n) is 6.77. The van der Waals surface area contributed by atoms with Gasteiger partial charge in [0.15, 0.2) is 0 Å². The molecule has 7 heteroatoms. The minimum absolute atomic E-state index is 0.347. The Morgan fingerprint density at radius 3 is 2.86 bits per heavy atom. The third-order valence-electron chi connectivity index (χ3n) is 3.13. The number of anilines is 1. The van der Waals surface area contributed by atoms with Crippen LogP contribution in [0.1, 0.15) is 28.0 Å². The zero-order chi connectivity index (χ0) is 15.7. The minimum Gasteiger partial charge on any atom is -0.296 e. The van der Waals surface area contributed by atoms with Crippen molar-refractivity contribution in [3.8, 4) is 0 Å². The SMILES string of the molecule is CCc1nnc(NC(=O)c2cc(C)nc3ccc(F)cc23)s1. The van der Waals surface area contributed by atoms with Gasteiger partial charge in [0.2, 0.25) is 5.13 Å². The van der Waals surface area contributed by atoms with E-state index in [1.807, 2.05) is 6.92 Å². The number of aromatic nitrogens is 3. The number of fused-ring (bicyclic) bond motifs is 1. The number of aryl methyl sites for hydroxylation is 2. The summed E-state index contributed by atoms with van der Waals surface area (Å²) in [6.45, 7) is 3.76. The molecule has 0 saturated carbocycles. The van der Waals surface area contributed by atoms with Crippen LogP contribution >= 0.6 is 11.3 Å². The first-order chi connectivity index (χ1) is 10.6. The lowest BCUT2D eigenvalue weighted by Crippen LogP contribution is -2.13. The first kappa shape index (κ1) is 14.5. The minimum atomic E-state index is -0.406. The molecular weight excluding hydrogens is 303 g/mol. The summed E-state index contributed by atoms with van der Waals surface area (Å²) in [5.41, 5.74) is 1.64. The number of rotatable bonds is 3. The molecule has 0 aliphatic rings. The quantitative estimate of drug-likeness (QED) is 0.804. The monoisotopic (exact) mass is 316 g/mol. The predicted octanol–water partition coefficient (Wildman–Crippen LogP) is 3.35. The number of hydrogen-bond donors (Lipinski definition) is 1. The topological polar surface area (TPSA) is 67.8 Å². The van der Waals surface area contributed by atoms with Crippen LogP contribution in [-0.4, -0.2) is 21.1 Å². The Hall–Kier alpha value is -2.41. The molecule has 0 spiro atoms. The summed E-state index contributed by atoms with van der Waals surface area (Å²) in [5, 5.41) is 12.3. The van der Waals surface area contributed by atoms with Crippen LogP contribution in [0.15, 0.2) is 24.3 Å². The fourth-order valence-corrected chi connectivity index (χ4v) is 2.80. The molecule has 5 nitrogen and oxygen atoms in total. The summed E-state index contributed by atoms with van der Waals surface area (Å²) in [7, 11) is 0. The maximum atomic E-state index is 13.5.